The first-order valence-electron chi connectivity index (χ1n) is 6.48. The van der Waals surface area contributed by atoms with E-state index in [1.165, 1.54) is 16.4 Å². The Balaban J connectivity index is 2.26. The van der Waals surface area contributed by atoms with Crippen molar-refractivity contribution in [2.45, 2.75) is 11.3 Å². The number of nitrogen functional groups attached to an aromatic ring is 1. The minimum atomic E-state index is -3.70. The van der Waals surface area contributed by atoms with E-state index in [0.29, 0.717) is 19.7 Å². The minimum Gasteiger partial charge on any atom is -0.478 e. The van der Waals surface area contributed by atoms with E-state index in [0.717, 1.165) is 12.5 Å². The van der Waals surface area contributed by atoms with E-state index in [9.17, 15) is 13.2 Å². The molecule has 116 valence electrons. The van der Waals surface area contributed by atoms with Crippen molar-refractivity contribution in [1.29, 1.82) is 0 Å². The molecule has 1 fully saturated rings. The summed E-state index contributed by atoms with van der Waals surface area (Å²) < 4.78 is 31.5. The number of ether oxygens (including phenoxy) is 1. The second-order valence-corrected chi connectivity index (χ2v) is 6.94. The van der Waals surface area contributed by atoms with E-state index >= 15 is 0 Å². The smallest absolute Gasteiger partial charge is 0.335 e. The highest BCUT2D eigenvalue weighted by Crippen LogP contribution is 2.28. The number of hydrogen-bond acceptors (Lipinski definition) is 5. The molecule has 1 aromatic carbocycles. The molecular formula is C13H18N2O5S. The Morgan fingerprint density at radius 3 is 2.81 bits per heavy atom. The lowest BCUT2D eigenvalue weighted by atomic mass is 10.1. The lowest BCUT2D eigenvalue weighted by molar-refractivity contribution is 0.0697. The maximum atomic E-state index is 12.5. The summed E-state index contributed by atoms with van der Waals surface area (Å²) >= 11 is 0. The summed E-state index contributed by atoms with van der Waals surface area (Å²) in [6.45, 7) is 1.31. The van der Waals surface area contributed by atoms with Crippen molar-refractivity contribution in [1.82, 2.24) is 4.31 Å². The number of carboxylic acid groups (broad SMARTS) is 1. The van der Waals surface area contributed by atoms with Crippen molar-refractivity contribution < 1.29 is 23.1 Å². The summed E-state index contributed by atoms with van der Waals surface area (Å²) in [5.74, 6) is -0.976. The first-order chi connectivity index (χ1) is 9.86. The van der Waals surface area contributed by atoms with Crippen LogP contribution in [0.15, 0.2) is 23.1 Å². The van der Waals surface area contributed by atoms with E-state index in [2.05, 4.69) is 0 Å². The van der Waals surface area contributed by atoms with Crippen molar-refractivity contribution >= 4 is 21.7 Å². The van der Waals surface area contributed by atoms with Crippen LogP contribution in [0, 0.1) is 5.92 Å². The van der Waals surface area contributed by atoms with E-state index in [1.54, 1.807) is 7.11 Å². The maximum absolute atomic E-state index is 12.5. The van der Waals surface area contributed by atoms with Gasteiger partial charge in [-0.1, -0.05) is 0 Å². The molecule has 2 rings (SSSR count). The van der Waals surface area contributed by atoms with Gasteiger partial charge < -0.3 is 15.6 Å². The molecule has 1 unspecified atom stereocenters. The summed E-state index contributed by atoms with van der Waals surface area (Å²) in [6.07, 6.45) is 0.736. The van der Waals surface area contributed by atoms with Gasteiger partial charge in [-0.25, -0.2) is 13.2 Å². The zero-order chi connectivity index (χ0) is 15.6. The van der Waals surface area contributed by atoms with Gasteiger partial charge >= 0.3 is 5.97 Å². The van der Waals surface area contributed by atoms with Crippen molar-refractivity contribution in [2.75, 3.05) is 32.5 Å². The maximum Gasteiger partial charge on any atom is 0.335 e. The Bertz CT molecular complexity index is 644. The number of nitrogens with two attached hydrogens (primary N) is 1. The minimum absolute atomic E-state index is 0.0369. The van der Waals surface area contributed by atoms with E-state index in [-0.39, 0.29) is 22.1 Å². The van der Waals surface area contributed by atoms with Crippen molar-refractivity contribution in [3.8, 4) is 0 Å². The van der Waals surface area contributed by atoms with Gasteiger partial charge in [-0.2, -0.15) is 4.31 Å². The van der Waals surface area contributed by atoms with Crippen molar-refractivity contribution in [3.05, 3.63) is 23.8 Å². The number of hydrogen-bond donors (Lipinski definition) is 2. The first-order valence-corrected chi connectivity index (χ1v) is 7.92. The number of methoxy groups -OCH3 is 1. The Hall–Kier alpha value is -1.64. The third kappa shape index (κ3) is 3.17. The summed E-state index contributed by atoms with van der Waals surface area (Å²) in [6, 6.07) is 3.66. The van der Waals surface area contributed by atoms with Gasteiger partial charge in [0.25, 0.3) is 0 Å². The number of anilines is 1. The molecule has 0 amide bonds. The zero-order valence-electron chi connectivity index (χ0n) is 11.7. The molecule has 1 saturated heterocycles. The van der Waals surface area contributed by atoms with Gasteiger partial charge in [0.2, 0.25) is 10.0 Å². The Labute approximate surface area is 123 Å². The van der Waals surface area contributed by atoms with Crippen LogP contribution in [0.4, 0.5) is 5.69 Å². The molecule has 1 atom stereocenters. The molecule has 0 bridgehead atoms. The van der Waals surface area contributed by atoms with Crippen molar-refractivity contribution in [2.24, 2.45) is 5.92 Å². The fourth-order valence-corrected chi connectivity index (χ4v) is 4.07. The number of carbonyl (C=O) groups is 1. The summed E-state index contributed by atoms with van der Waals surface area (Å²) in [7, 11) is -2.12. The largest absolute Gasteiger partial charge is 0.478 e. The molecule has 7 nitrogen and oxygen atoms in total. The van der Waals surface area contributed by atoms with Crippen LogP contribution in [-0.4, -0.2) is 50.6 Å². The molecule has 1 aliphatic rings. The van der Waals surface area contributed by atoms with Crippen LogP contribution in [0.1, 0.15) is 16.8 Å². The van der Waals surface area contributed by atoms with Crippen LogP contribution in [0.25, 0.3) is 0 Å². The second kappa shape index (κ2) is 6.00. The van der Waals surface area contributed by atoms with Gasteiger partial charge in [0.15, 0.2) is 0 Å². The van der Waals surface area contributed by atoms with Crippen LogP contribution in [0.2, 0.25) is 0 Å². The molecule has 1 aliphatic heterocycles. The number of nitrogens with zero attached hydrogens (tertiary/aromatic N) is 1. The number of sulfonamides is 1. The van der Waals surface area contributed by atoms with Crippen LogP contribution in [0.5, 0.6) is 0 Å². The molecule has 1 aromatic rings. The molecule has 0 saturated carbocycles. The first kappa shape index (κ1) is 15.7. The third-order valence-corrected chi connectivity index (χ3v) is 5.46. The predicted octanol–water partition coefficient (Wildman–Crippen LogP) is 0.624. The molecule has 21 heavy (non-hydrogen) atoms. The number of benzene rings is 1. The predicted molar refractivity (Wildman–Crippen MR) is 76.6 cm³/mol. The lowest BCUT2D eigenvalue weighted by Gasteiger charge is -2.18. The number of rotatable bonds is 5. The fourth-order valence-electron chi connectivity index (χ4n) is 2.44. The highest BCUT2D eigenvalue weighted by Gasteiger charge is 2.33. The SMILES string of the molecule is COCC1CCN(S(=O)(=O)c2ccc(C(=O)O)cc2N)C1. The highest BCUT2D eigenvalue weighted by molar-refractivity contribution is 7.89. The molecule has 3 N–H and O–H groups in total. The van der Waals surface area contributed by atoms with Crippen LogP contribution >= 0.6 is 0 Å². The van der Waals surface area contributed by atoms with Crippen LogP contribution in [-0.2, 0) is 14.8 Å². The average molecular weight is 314 g/mol. The Morgan fingerprint density at radius 1 is 1.52 bits per heavy atom. The quantitative estimate of drug-likeness (QED) is 0.771. The lowest BCUT2D eigenvalue weighted by Crippen LogP contribution is -2.30. The Morgan fingerprint density at radius 2 is 2.24 bits per heavy atom. The number of carboxylic acids is 1. The average Bonchev–Trinajstić information content (AvgIpc) is 2.88. The monoisotopic (exact) mass is 314 g/mol. The third-order valence-electron chi connectivity index (χ3n) is 3.53. The topological polar surface area (TPSA) is 110 Å². The van der Waals surface area contributed by atoms with E-state index < -0.39 is 16.0 Å². The summed E-state index contributed by atoms with van der Waals surface area (Å²) in [5, 5.41) is 8.88. The van der Waals surface area contributed by atoms with Crippen molar-refractivity contribution in [3.63, 3.8) is 0 Å². The number of aromatic carboxylic acids is 1. The van der Waals surface area contributed by atoms with Gasteiger partial charge in [-0.3, -0.25) is 0 Å². The van der Waals surface area contributed by atoms with Gasteiger partial charge in [0.1, 0.15) is 4.90 Å². The fraction of sp³-hybridized carbons (Fsp3) is 0.462. The molecule has 0 aliphatic carbocycles. The molecule has 0 aromatic heterocycles. The van der Waals surface area contributed by atoms with Gasteiger partial charge in [0, 0.05) is 20.2 Å². The molecule has 8 heteroatoms. The van der Waals surface area contributed by atoms with E-state index in [4.69, 9.17) is 15.6 Å². The Kier molecular flexibility index (Phi) is 4.50. The van der Waals surface area contributed by atoms with Gasteiger partial charge in [0.05, 0.1) is 17.9 Å². The normalized spacial score (nSPS) is 19.8. The molecular weight excluding hydrogens is 296 g/mol. The zero-order valence-corrected chi connectivity index (χ0v) is 12.5. The van der Waals surface area contributed by atoms with Gasteiger partial charge in [-0.15, -0.1) is 0 Å². The highest BCUT2D eigenvalue weighted by atomic mass is 32.2. The van der Waals surface area contributed by atoms with Crippen LogP contribution in [0.3, 0.4) is 0 Å². The molecule has 0 radical (unpaired) electrons. The van der Waals surface area contributed by atoms with Crippen LogP contribution < -0.4 is 5.73 Å². The second-order valence-electron chi connectivity index (χ2n) is 5.03. The standard InChI is InChI=1S/C13H18N2O5S/c1-20-8-9-4-5-15(7-9)21(18,19)12-3-2-10(13(16)17)6-11(12)14/h2-3,6,9H,4-5,7-8,14H2,1H3,(H,16,17). The molecule has 0 spiro atoms. The van der Waals surface area contributed by atoms with Gasteiger partial charge in [-0.05, 0) is 30.5 Å². The summed E-state index contributed by atoms with van der Waals surface area (Å²) in [4.78, 5) is 10.8. The molecule has 1 heterocycles. The van der Waals surface area contributed by atoms with E-state index in [1.807, 2.05) is 0 Å². The summed E-state index contributed by atoms with van der Waals surface area (Å²) in [5.41, 5.74) is 5.62.